The number of sulfonamides is 1. The molecule has 18 heavy (non-hydrogen) atoms. The molecule has 0 radical (unpaired) electrons. The lowest BCUT2D eigenvalue weighted by Crippen LogP contribution is -2.60. The molecule has 1 atom stereocenters. The van der Waals surface area contributed by atoms with Crippen molar-refractivity contribution < 1.29 is 21.6 Å². The van der Waals surface area contributed by atoms with Gasteiger partial charge in [-0.05, 0) is 5.04 Å². The molecule has 0 rings (SSSR count). The minimum atomic E-state index is -4.49. The van der Waals surface area contributed by atoms with Crippen LogP contribution in [0, 0.1) is 12.3 Å². The molecule has 8 heteroatoms. The van der Waals surface area contributed by atoms with Crippen molar-refractivity contribution in [3.05, 3.63) is 0 Å². The molecule has 0 aromatic heterocycles. The zero-order valence-corrected chi connectivity index (χ0v) is 12.7. The molecule has 0 aliphatic rings. The number of hydrogen-bond acceptors (Lipinski definition) is 2. The molecule has 0 saturated carbocycles. The van der Waals surface area contributed by atoms with Gasteiger partial charge in [-0.3, -0.25) is 0 Å². The molecule has 0 heterocycles. The van der Waals surface area contributed by atoms with E-state index in [0.29, 0.717) is 0 Å². The lowest BCUT2D eigenvalue weighted by Gasteiger charge is -2.40. The summed E-state index contributed by atoms with van der Waals surface area (Å²) in [5.41, 5.74) is 0. The summed E-state index contributed by atoms with van der Waals surface area (Å²) in [6, 6.07) is 0. The third kappa shape index (κ3) is 4.00. The zero-order valence-electron chi connectivity index (χ0n) is 10.9. The highest BCUT2D eigenvalue weighted by molar-refractivity contribution is 7.91. The van der Waals surface area contributed by atoms with E-state index in [1.54, 1.807) is 0 Å². The molecular formula is C10H18F3NO2SSi. The van der Waals surface area contributed by atoms with Crippen molar-refractivity contribution in [2.24, 2.45) is 0 Å². The van der Waals surface area contributed by atoms with E-state index >= 15 is 0 Å². The third-order valence-electron chi connectivity index (χ3n) is 3.15. The Hall–Kier alpha value is -0.523. The maximum absolute atomic E-state index is 13.2. The van der Waals surface area contributed by atoms with Crippen LogP contribution in [0.3, 0.4) is 0 Å². The normalized spacial score (nSPS) is 17.0. The Bertz CT molecular complexity index is 418. The fraction of sp³-hybridized carbons (Fsp3) is 0.800. The number of rotatable bonds is 4. The number of halogens is 3. The van der Waals surface area contributed by atoms with E-state index in [2.05, 4.69) is 0 Å². The van der Waals surface area contributed by atoms with Crippen molar-refractivity contribution in [3.8, 4) is 12.3 Å². The van der Waals surface area contributed by atoms with Crippen molar-refractivity contribution in [3.63, 3.8) is 0 Å². The van der Waals surface area contributed by atoms with Crippen LogP contribution in [-0.4, -0.2) is 34.2 Å². The number of terminal acetylenes is 1. The molecule has 0 aromatic carbocycles. The second-order valence-corrected chi connectivity index (χ2v) is 12.8. The van der Waals surface area contributed by atoms with Gasteiger partial charge in [0, 0.05) is 0 Å². The molecule has 0 aliphatic heterocycles. The van der Waals surface area contributed by atoms with Crippen molar-refractivity contribution >= 4 is 18.1 Å². The number of nitrogens with one attached hydrogen (secondary N) is 1. The lowest BCUT2D eigenvalue weighted by atomic mass is 10.2. The minimum absolute atomic E-state index is 0.297. The van der Waals surface area contributed by atoms with Gasteiger partial charge in [-0.2, -0.15) is 13.2 Å². The van der Waals surface area contributed by atoms with Crippen LogP contribution >= 0.6 is 0 Å². The smallest absolute Gasteiger partial charge is 0.213 e. The molecular weight excluding hydrogens is 283 g/mol. The predicted octanol–water partition coefficient (Wildman–Crippen LogP) is 2.06. The van der Waals surface area contributed by atoms with E-state index in [9.17, 15) is 21.6 Å². The Balaban J connectivity index is 5.38. The Morgan fingerprint density at radius 2 is 1.72 bits per heavy atom. The highest BCUT2D eigenvalue weighted by Crippen LogP contribution is 2.46. The second kappa shape index (κ2) is 5.23. The molecule has 0 aromatic rings. The molecule has 0 saturated heterocycles. The van der Waals surface area contributed by atoms with Crippen LogP contribution in [0.4, 0.5) is 13.2 Å². The summed E-state index contributed by atoms with van der Waals surface area (Å²) in [4.78, 5) is 0. The fourth-order valence-electron chi connectivity index (χ4n) is 1.31. The quantitative estimate of drug-likeness (QED) is 0.638. The van der Waals surface area contributed by atoms with Gasteiger partial charge >= 0.3 is 5.80 Å². The monoisotopic (exact) mass is 301 g/mol. The van der Waals surface area contributed by atoms with Crippen LogP contribution in [0.1, 0.15) is 20.8 Å². The first kappa shape index (κ1) is 17.5. The third-order valence-corrected chi connectivity index (χ3v) is 12.1. The molecule has 1 unspecified atom stereocenters. The molecule has 3 nitrogen and oxygen atoms in total. The molecule has 1 N–H and O–H groups in total. The Kier molecular flexibility index (Phi) is 5.08. The summed E-state index contributed by atoms with van der Waals surface area (Å²) in [5, 5.41) is -2.02. The largest absolute Gasteiger partial charge is 0.362 e. The topological polar surface area (TPSA) is 46.2 Å². The van der Waals surface area contributed by atoms with Crippen LogP contribution in [0.25, 0.3) is 0 Å². The van der Waals surface area contributed by atoms with Crippen LogP contribution in [0.2, 0.25) is 11.6 Å². The van der Waals surface area contributed by atoms with Gasteiger partial charge in [0.25, 0.3) is 0 Å². The summed E-state index contributed by atoms with van der Waals surface area (Å²) in [7, 11) is -8.08. The van der Waals surface area contributed by atoms with E-state index in [1.165, 1.54) is 20.8 Å². The van der Waals surface area contributed by atoms with Gasteiger partial charge in [-0.1, -0.05) is 33.2 Å². The van der Waals surface area contributed by atoms with Gasteiger partial charge in [0.15, 0.2) is 0 Å². The first-order valence-electron chi connectivity index (χ1n) is 5.24. The van der Waals surface area contributed by atoms with Crippen LogP contribution in [0.5, 0.6) is 0 Å². The first-order chi connectivity index (χ1) is 7.77. The zero-order chi connectivity index (χ0) is 14.8. The summed E-state index contributed by atoms with van der Waals surface area (Å²) in [6.07, 6.45) is 4.88. The Morgan fingerprint density at radius 3 is 2.00 bits per heavy atom. The summed E-state index contributed by atoms with van der Waals surface area (Å²) >= 11 is 0. The van der Waals surface area contributed by atoms with Gasteiger partial charge in [-0.15, -0.1) is 6.42 Å². The van der Waals surface area contributed by atoms with Crippen LogP contribution in [-0.2, 0) is 10.0 Å². The van der Waals surface area contributed by atoms with Gasteiger partial charge in [-0.25, -0.2) is 13.1 Å². The predicted molar refractivity (Wildman–Crippen MR) is 68.0 cm³/mol. The molecule has 0 fully saturated rings. The standard InChI is InChI=1S/C10H18F3NO2SSi/c1-6-7-14-17(15,16)8-18(5,9(2,3)4)10(11,12)13/h1,14H,7-8H2,2-5H3. The van der Waals surface area contributed by atoms with Crippen molar-refractivity contribution in [1.29, 1.82) is 0 Å². The van der Waals surface area contributed by atoms with Crippen LogP contribution < -0.4 is 4.72 Å². The average molecular weight is 301 g/mol. The van der Waals surface area contributed by atoms with Gasteiger partial charge in [0.2, 0.25) is 18.1 Å². The van der Waals surface area contributed by atoms with Crippen molar-refractivity contribution in [2.45, 2.75) is 38.2 Å². The molecule has 0 spiro atoms. The number of alkyl halides is 3. The van der Waals surface area contributed by atoms with Gasteiger partial charge < -0.3 is 0 Å². The van der Waals surface area contributed by atoms with E-state index in [-0.39, 0.29) is 6.54 Å². The van der Waals surface area contributed by atoms with Gasteiger partial charge in [0.05, 0.1) is 11.9 Å². The molecule has 106 valence electrons. The SMILES string of the molecule is C#CCNS(=O)(=O)C[Si](C)(C(C)(C)C)C(F)(F)F. The first-order valence-corrected chi connectivity index (χ1v) is 9.60. The van der Waals surface area contributed by atoms with E-state index in [0.717, 1.165) is 6.55 Å². The summed E-state index contributed by atoms with van der Waals surface area (Å²) in [5.74, 6) is -2.46. The highest BCUT2D eigenvalue weighted by atomic mass is 32.2. The highest BCUT2D eigenvalue weighted by Gasteiger charge is 2.62. The van der Waals surface area contributed by atoms with E-state index < -0.39 is 34.3 Å². The molecule has 0 aliphatic carbocycles. The minimum Gasteiger partial charge on any atom is -0.213 e. The average Bonchev–Trinajstić information content (AvgIpc) is 2.10. The van der Waals surface area contributed by atoms with E-state index in [1.807, 2.05) is 10.6 Å². The van der Waals surface area contributed by atoms with Gasteiger partial charge in [0.1, 0.15) is 0 Å². The second-order valence-electron chi connectivity index (χ2n) is 5.36. The fourth-order valence-corrected chi connectivity index (χ4v) is 8.30. The van der Waals surface area contributed by atoms with E-state index in [4.69, 9.17) is 6.42 Å². The maximum Gasteiger partial charge on any atom is 0.362 e. The molecule has 0 bridgehead atoms. The summed E-state index contributed by atoms with van der Waals surface area (Å²) in [6.45, 7) is 5.01. The Labute approximate surface area is 107 Å². The summed E-state index contributed by atoms with van der Waals surface area (Å²) < 4.78 is 64.8. The lowest BCUT2D eigenvalue weighted by molar-refractivity contribution is -0.0593. The maximum atomic E-state index is 13.2. The molecule has 0 amide bonds. The Morgan fingerprint density at radius 1 is 1.28 bits per heavy atom. The van der Waals surface area contributed by atoms with Crippen molar-refractivity contribution in [1.82, 2.24) is 4.72 Å². The number of hydrogen-bond donors (Lipinski definition) is 1. The van der Waals surface area contributed by atoms with Crippen LogP contribution in [0.15, 0.2) is 0 Å². The van der Waals surface area contributed by atoms with Crippen molar-refractivity contribution in [2.75, 3.05) is 11.9 Å².